The fraction of sp³-hybridized carbons (Fsp3) is 0.125. The summed E-state index contributed by atoms with van der Waals surface area (Å²) in [6.07, 6.45) is 1.63. The maximum atomic E-state index is 13.1. The van der Waals surface area contributed by atoms with Crippen LogP contribution in [0.3, 0.4) is 0 Å². The number of rotatable bonds is 11. The predicted octanol–water partition coefficient (Wildman–Crippen LogP) is 6.45. The van der Waals surface area contributed by atoms with E-state index in [1.807, 2.05) is 35.7 Å². The molecule has 3 aromatic carbocycles. The molecule has 0 aliphatic heterocycles. The summed E-state index contributed by atoms with van der Waals surface area (Å²) in [4.78, 5) is 52.1. The third-order valence-electron chi connectivity index (χ3n) is 5.82. The van der Waals surface area contributed by atoms with Crippen LogP contribution < -0.4 is 16.0 Å². The molecule has 0 aliphatic rings. The zero-order valence-electron chi connectivity index (χ0n) is 23.0. The third-order valence-corrected chi connectivity index (χ3v) is 7.75. The van der Waals surface area contributed by atoms with E-state index in [-0.39, 0.29) is 17.5 Å². The number of thioether (sulfide) groups is 1. The molecule has 1 unspecified atom stereocenters. The zero-order chi connectivity index (χ0) is 29.9. The number of hydrogen-bond donors (Lipinski definition) is 3. The Hall–Kier alpha value is -4.67. The largest absolute Gasteiger partial charge is 0.462 e. The molecule has 4 aromatic rings. The van der Waals surface area contributed by atoms with Crippen molar-refractivity contribution in [2.75, 3.05) is 17.2 Å². The van der Waals surface area contributed by atoms with Crippen molar-refractivity contribution in [1.82, 2.24) is 5.32 Å². The van der Waals surface area contributed by atoms with Crippen LogP contribution >= 0.6 is 23.1 Å². The van der Waals surface area contributed by atoms with E-state index < -0.39 is 17.1 Å². The summed E-state index contributed by atoms with van der Waals surface area (Å²) >= 11 is 2.81. The van der Waals surface area contributed by atoms with Gasteiger partial charge < -0.3 is 20.7 Å². The summed E-state index contributed by atoms with van der Waals surface area (Å²) in [5.41, 5.74) is 2.08. The molecule has 42 heavy (non-hydrogen) atoms. The van der Waals surface area contributed by atoms with Crippen LogP contribution in [-0.4, -0.2) is 35.5 Å². The number of anilines is 2. The van der Waals surface area contributed by atoms with Crippen LogP contribution in [-0.2, 0) is 14.3 Å². The summed E-state index contributed by atoms with van der Waals surface area (Å²) in [6, 6.07) is 26.0. The van der Waals surface area contributed by atoms with Gasteiger partial charge >= 0.3 is 5.97 Å². The van der Waals surface area contributed by atoms with Crippen molar-refractivity contribution in [2.45, 2.75) is 24.0 Å². The topological polar surface area (TPSA) is 114 Å². The molecule has 0 saturated carbocycles. The summed E-state index contributed by atoms with van der Waals surface area (Å²) in [5.74, 6) is -1.46. The fourth-order valence-electron chi connectivity index (χ4n) is 3.68. The average Bonchev–Trinajstić information content (AvgIpc) is 3.52. The molecule has 3 N–H and O–H groups in total. The number of benzene rings is 3. The minimum atomic E-state index is -0.463. The van der Waals surface area contributed by atoms with Gasteiger partial charge in [-0.25, -0.2) is 4.79 Å². The molecule has 3 amide bonds. The monoisotopic (exact) mass is 599 g/mol. The van der Waals surface area contributed by atoms with Crippen LogP contribution in [0.5, 0.6) is 0 Å². The molecule has 1 atom stereocenters. The van der Waals surface area contributed by atoms with E-state index in [0.29, 0.717) is 29.1 Å². The third kappa shape index (κ3) is 8.66. The van der Waals surface area contributed by atoms with E-state index in [2.05, 4.69) is 16.0 Å². The molecule has 8 nitrogen and oxygen atoms in total. The van der Waals surface area contributed by atoms with Crippen molar-refractivity contribution in [3.05, 3.63) is 118 Å². The predicted molar refractivity (Wildman–Crippen MR) is 168 cm³/mol. The lowest BCUT2D eigenvalue weighted by Crippen LogP contribution is -2.30. The molecule has 0 fully saturated rings. The first kappa shape index (κ1) is 30.3. The molecule has 1 aromatic heterocycles. The van der Waals surface area contributed by atoms with Gasteiger partial charge in [-0.15, -0.1) is 23.1 Å². The van der Waals surface area contributed by atoms with Gasteiger partial charge in [0.05, 0.1) is 17.4 Å². The van der Waals surface area contributed by atoms with Gasteiger partial charge in [-0.05, 0) is 92.0 Å². The van der Waals surface area contributed by atoms with Gasteiger partial charge in [-0.2, -0.15) is 0 Å². The first-order chi connectivity index (χ1) is 20.3. The number of nitrogens with one attached hydrogen (secondary N) is 3. The highest BCUT2D eigenvalue weighted by Crippen LogP contribution is 2.26. The molecule has 10 heteroatoms. The smallest absolute Gasteiger partial charge is 0.338 e. The Morgan fingerprint density at radius 1 is 0.833 bits per heavy atom. The summed E-state index contributed by atoms with van der Waals surface area (Å²) < 4.78 is 4.98. The Bertz CT molecular complexity index is 1550. The van der Waals surface area contributed by atoms with E-state index in [0.717, 1.165) is 9.77 Å². The number of carbonyl (C=O) groups excluding carboxylic acids is 4. The van der Waals surface area contributed by atoms with Gasteiger partial charge in [-0.1, -0.05) is 24.3 Å². The highest BCUT2D eigenvalue weighted by Gasteiger charge is 2.17. The van der Waals surface area contributed by atoms with Crippen LogP contribution in [0.25, 0.3) is 6.08 Å². The SMILES string of the molecule is CCOC(=O)c1ccc(NC(=O)C(C)Sc2ccc(NC(=O)/C(=C/c3cccs3)NC(=O)c3ccccc3)cc2)cc1. The Labute approximate surface area is 252 Å². The number of esters is 1. The highest BCUT2D eigenvalue weighted by atomic mass is 32.2. The summed E-state index contributed by atoms with van der Waals surface area (Å²) in [7, 11) is 0. The Morgan fingerprint density at radius 3 is 2.14 bits per heavy atom. The Balaban J connectivity index is 1.35. The van der Waals surface area contributed by atoms with Crippen molar-refractivity contribution < 1.29 is 23.9 Å². The Morgan fingerprint density at radius 2 is 1.50 bits per heavy atom. The molecule has 1 heterocycles. The van der Waals surface area contributed by atoms with Gasteiger partial charge in [0.25, 0.3) is 11.8 Å². The molecule has 0 saturated heterocycles. The molecule has 0 spiro atoms. The minimum absolute atomic E-state index is 0.116. The lowest BCUT2D eigenvalue weighted by Gasteiger charge is -2.13. The minimum Gasteiger partial charge on any atom is -0.462 e. The standard InChI is InChI=1S/C32H29N3O5S2/c1-3-40-32(39)23-11-13-24(14-12-23)33-29(36)21(2)42-26-17-15-25(16-18-26)34-31(38)28(20-27-10-7-19-41-27)35-30(37)22-8-5-4-6-9-22/h4-21H,3H2,1-2H3,(H,33,36)(H,34,38)(H,35,37)/b28-20-. The van der Waals surface area contributed by atoms with Crippen LogP contribution in [0, 0.1) is 0 Å². The van der Waals surface area contributed by atoms with E-state index in [1.165, 1.54) is 23.1 Å². The lowest BCUT2D eigenvalue weighted by atomic mass is 10.2. The highest BCUT2D eigenvalue weighted by molar-refractivity contribution is 8.00. The van der Waals surface area contributed by atoms with Crippen LogP contribution in [0.2, 0.25) is 0 Å². The molecule has 0 radical (unpaired) electrons. The number of thiophene rings is 1. The van der Waals surface area contributed by atoms with Gasteiger partial charge in [0.15, 0.2) is 0 Å². The van der Waals surface area contributed by atoms with Crippen molar-refractivity contribution in [2.24, 2.45) is 0 Å². The van der Waals surface area contributed by atoms with E-state index in [1.54, 1.807) is 80.6 Å². The van der Waals surface area contributed by atoms with Crippen LogP contribution in [0.4, 0.5) is 11.4 Å². The molecule has 0 bridgehead atoms. The van der Waals surface area contributed by atoms with Crippen molar-refractivity contribution in [3.8, 4) is 0 Å². The second-order valence-electron chi connectivity index (χ2n) is 8.92. The fourth-order valence-corrected chi connectivity index (χ4v) is 5.20. The number of ether oxygens (including phenoxy) is 1. The van der Waals surface area contributed by atoms with Crippen molar-refractivity contribution in [1.29, 1.82) is 0 Å². The van der Waals surface area contributed by atoms with Gasteiger partial charge in [0.1, 0.15) is 5.70 Å². The maximum Gasteiger partial charge on any atom is 0.338 e. The lowest BCUT2D eigenvalue weighted by molar-refractivity contribution is -0.115. The quantitative estimate of drug-likeness (QED) is 0.104. The number of carbonyl (C=O) groups is 4. The second-order valence-corrected chi connectivity index (χ2v) is 11.3. The van der Waals surface area contributed by atoms with E-state index in [9.17, 15) is 19.2 Å². The van der Waals surface area contributed by atoms with Gasteiger partial charge in [0.2, 0.25) is 5.91 Å². The van der Waals surface area contributed by atoms with E-state index in [4.69, 9.17) is 4.74 Å². The van der Waals surface area contributed by atoms with Crippen LogP contribution in [0.1, 0.15) is 39.4 Å². The number of hydrogen-bond acceptors (Lipinski definition) is 7. The summed E-state index contributed by atoms with van der Waals surface area (Å²) in [5, 5.41) is 9.87. The normalized spacial score (nSPS) is 11.7. The molecule has 0 aliphatic carbocycles. The number of amides is 3. The molecular formula is C32H29N3O5S2. The van der Waals surface area contributed by atoms with Crippen molar-refractivity contribution >= 4 is 64.2 Å². The first-order valence-corrected chi connectivity index (χ1v) is 14.9. The molecular weight excluding hydrogens is 571 g/mol. The second kappa shape index (κ2) is 14.8. The van der Waals surface area contributed by atoms with Gasteiger partial charge in [0, 0.05) is 26.7 Å². The first-order valence-electron chi connectivity index (χ1n) is 13.1. The zero-order valence-corrected chi connectivity index (χ0v) is 24.6. The Kier molecular flexibility index (Phi) is 10.7. The van der Waals surface area contributed by atoms with Crippen molar-refractivity contribution in [3.63, 3.8) is 0 Å². The summed E-state index contributed by atoms with van der Waals surface area (Å²) in [6.45, 7) is 3.82. The van der Waals surface area contributed by atoms with Gasteiger partial charge in [-0.3, -0.25) is 14.4 Å². The maximum absolute atomic E-state index is 13.1. The molecule has 214 valence electrons. The van der Waals surface area contributed by atoms with Crippen LogP contribution in [0.15, 0.2) is 107 Å². The van der Waals surface area contributed by atoms with E-state index >= 15 is 0 Å². The average molecular weight is 600 g/mol. The molecule has 4 rings (SSSR count).